The van der Waals surface area contributed by atoms with Gasteiger partial charge in [-0.25, -0.2) is 13.2 Å². The van der Waals surface area contributed by atoms with E-state index in [-0.39, 0.29) is 16.5 Å². The van der Waals surface area contributed by atoms with Crippen LogP contribution in [0.3, 0.4) is 0 Å². The molecule has 0 aliphatic rings. The van der Waals surface area contributed by atoms with Crippen molar-refractivity contribution in [3.63, 3.8) is 0 Å². The van der Waals surface area contributed by atoms with Gasteiger partial charge in [0.25, 0.3) is 5.91 Å². The summed E-state index contributed by atoms with van der Waals surface area (Å²) in [6.07, 6.45) is 0. The molecule has 3 nitrogen and oxygen atoms in total. The molecule has 0 atom stereocenters. The van der Waals surface area contributed by atoms with Gasteiger partial charge < -0.3 is 10.4 Å². The third-order valence-corrected chi connectivity index (χ3v) is 2.80. The van der Waals surface area contributed by atoms with Crippen LogP contribution in [0, 0.1) is 17.5 Å². The normalized spacial score (nSPS) is 10.4. The number of hydrogen-bond donors (Lipinski definition) is 2. The standard InChI is InChI=1S/C13H7ClF3NO2/c14-8-3-1-6(5-10(8)19)18-13(20)7-2-4-9(15)12(17)11(7)16/h1-5,19H,(H,18,20). The third-order valence-electron chi connectivity index (χ3n) is 2.48. The summed E-state index contributed by atoms with van der Waals surface area (Å²) in [4.78, 5) is 11.7. The monoisotopic (exact) mass is 301 g/mol. The summed E-state index contributed by atoms with van der Waals surface area (Å²) in [5.74, 6) is -5.96. The van der Waals surface area contributed by atoms with Crippen LogP contribution in [0.1, 0.15) is 10.4 Å². The molecule has 20 heavy (non-hydrogen) atoms. The summed E-state index contributed by atoms with van der Waals surface area (Å²) >= 11 is 5.58. The van der Waals surface area contributed by atoms with Gasteiger partial charge in [-0.05, 0) is 24.3 Å². The van der Waals surface area contributed by atoms with Crippen LogP contribution in [0.15, 0.2) is 30.3 Å². The highest BCUT2D eigenvalue weighted by Gasteiger charge is 2.19. The maximum atomic E-state index is 13.4. The number of hydrogen-bond acceptors (Lipinski definition) is 2. The van der Waals surface area contributed by atoms with Crippen molar-refractivity contribution in [3.05, 3.63) is 58.4 Å². The molecule has 0 aliphatic heterocycles. The van der Waals surface area contributed by atoms with E-state index < -0.39 is 28.9 Å². The Kier molecular flexibility index (Phi) is 3.85. The number of amides is 1. The molecule has 0 heterocycles. The SMILES string of the molecule is O=C(Nc1ccc(Cl)c(O)c1)c1ccc(F)c(F)c1F. The van der Waals surface area contributed by atoms with Crippen molar-refractivity contribution >= 4 is 23.2 Å². The van der Waals surface area contributed by atoms with Crippen LogP contribution in [-0.4, -0.2) is 11.0 Å². The van der Waals surface area contributed by atoms with Gasteiger partial charge in [-0.2, -0.15) is 0 Å². The summed E-state index contributed by atoms with van der Waals surface area (Å²) in [5, 5.41) is 11.7. The predicted molar refractivity (Wildman–Crippen MR) is 67.4 cm³/mol. The Bertz CT molecular complexity index is 692. The molecular formula is C13H7ClF3NO2. The van der Waals surface area contributed by atoms with Crippen molar-refractivity contribution in [1.82, 2.24) is 0 Å². The summed E-state index contributed by atoms with van der Waals surface area (Å²) < 4.78 is 39.2. The minimum atomic E-state index is -1.73. The molecular weight excluding hydrogens is 295 g/mol. The molecule has 0 bridgehead atoms. The minimum Gasteiger partial charge on any atom is -0.506 e. The van der Waals surface area contributed by atoms with E-state index in [9.17, 15) is 23.1 Å². The van der Waals surface area contributed by atoms with Crippen LogP contribution in [0.25, 0.3) is 0 Å². The zero-order chi connectivity index (χ0) is 14.9. The number of rotatable bonds is 2. The van der Waals surface area contributed by atoms with Crippen LogP contribution in [0.5, 0.6) is 5.75 Å². The lowest BCUT2D eigenvalue weighted by Gasteiger charge is -2.07. The molecule has 7 heteroatoms. The number of anilines is 1. The summed E-state index contributed by atoms with van der Waals surface area (Å²) in [5.41, 5.74) is -0.528. The van der Waals surface area contributed by atoms with Crippen molar-refractivity contribution in [2.24, 2.45) is 0 Å². The fourth-order valence-electron chi connectivity index (χ4n) is 1.49. The first-order chi connectivity index (χ1) is 9.40. The Labute approximate surface area is 116 Å². The number of phenolic OH excluding ortho intramolecular Hbond substituents is 1. The van der Waals surface area contributed by atoms with Crippen molar-refractivity contribution in [2.45, 2.75) is 0 Å². The van der Waals surface area contributed by atoms with Crippen LogP contribution in [-0.2, 0) is 0 Å². The molecule has 104 valence electrons. The average molecular weight is 302 g/mol. The maximum Gasteiger partial charge on any atom is 0.258 e. The minimum absolute atomic E-state index is 0.0713. The van der Waals surface area contributed by atoms with Crippen LogP contribution < -0.4 is 5.32 Å². The highest BCUT2D eigenvalue weighted by atomic mass is 35.5. The zero-order valence-corrected chi connectivity index (χ0v) is 10.5. The second-order valence-electron chi connectivity index (χ2n) is 3.84. The Morgan fingerprint density at radius 2 is 1.80 bits per heavy atom. The van der Waals surface area contributed by atoms with E-state index in [4.69, 9.17) is 11.6 Å². The lowest BCUT2D eigenvalue weighted by molar-refractivity contribution is 0.102. The second-order valence-corrected chi connectivity index (χ2v) is 4.25. The fourth-order valence-corrected chi connectivity index (χ4v) is 1.61. The summed E-state index contributed by atoms with van der Waals surface area (Å²) in [7, 11) is 0. The van der Waals surface area contributed by atoms with Gasteiger partial charge >= 0.3 is 0 Å². The van der Waals surface area contributed by atoms with Crippen LogP contribution >= 0.6 is 11.6 Å². The molecule has 1 amide bonds. The van der Waals surface area contributed by atoms with Crippen molar-refractivity contribution in [3.8, 4) is 5.75 Å². The van der Waals surface area contributed by atoms with Gasteiger partial charge in [0.15, 0.2) is 17.5 Å². The van der Waals surface area contributed by atoms with E-state index in [0.717, 1.165) is 12.1 Å². The Morgan fingerprint density at radius 3 is 2.45 bits per heavy atom. The second kappa shape index (κ2) is 5.42. The van der Waals surface area contributed by atoms with E-state index in [1.54, 1.807) is 0 Å². The Hall–Kier alpha value is -2.21. The van der Waals surface area contributed by atoms with Gasteiger partial charge in [0.05, 0.1) is 10.6 Å². The highest BCUT2D eigenvalue weighted by Crippen LogP contribution is 2.26. The number of benzene rings is 2. The number of halogens is 4. The van der Waals surface area contributed by atoms with Crippen molar-refractivity contribution in [2.75, 3.05) is 5.32 Å². The zero-order valence-electron chi connectivity index (χ0n) is 9.75. The highest BCUT2D eigenvalue weighted by molar-refractivity contribution is 6.32. The molecule has 0 saturated carbocycles. The number of nitrogens with one attached hydrogen (secondary N) is 1. The first-order valence-electron chi connectivity index (χ1n) is 5.33. The first kappa shape index (κ1) is 14.2. The molecule has 0 spiro atoms. The van der Waals surface area contributed by atoms with Gasteiger partial charge in [0, 0.05) is 11.8 Å². The molecule has 0 radical (unpaired) electrons. The number of aromatic hydroxyl groups is 1. The van der Waals surface area contributed by atoms with Gasteiger partial charge in [0.2, 0.25) is 0 Å². The molecule has 2 rings (SSSR count). The number of carbonyl (C=O) groups is 1. The molecule has 2 aromatic carbocycles. The van der Waals surface area contributed by atoms with Gasteiger partial charge in [0.1, 0.15) is 5.75 Å². The molecule has 0 unspecified atom stereocenters. The summed E-state index contributed by atoms with van der Waals surface area (Å²) in [6, 6.07) is 5.27. The number of carbonyl (C=O) groups excluding carboxylic acids is 1. The predicted octanol–water partition coefficient (Wildman–Crippen LogP) is 3.72. The number of phenols is 1. The van der Waals surface area contributed by atoms with E-state index >= 15 is 0 Å². The molecule has 0 aromatic heterocycles. The van der Waals surface area contributed by atoms with Crippen molar-refractivity contribution in [1.29, 1.82) is 0 Å². The molecule has 2 aromatic rings. The van der Waals surface area contributed by atoms with Gasteiger partial charge in [-0.15, -0.1) is 0 Å². The molecule has 0 saturated heterocycles. The first-order valence-corrected chi connectivity index (χ1v) is 5.71. The lowest BCUT2D eigenvalue weighted by Crippen LogP contribution is -2.15. The third kappa shape index (κ3) is 2.70. The fraction of sp³-hybridized carbons (Fsp3) is 0. The lowest BCUT2D eigenvalue weighted by atomic mass is 10.1. The van der Waals surface area contributed by atoms with E-state index in [1.165, 1.54) is 12.1 Å². The van der Waals surface area contributed by atoms with E-state index in [2.05, 4.69) is 5.32 Å². The Balaban J connectivity index is 2.28. The quantitative estimate of drug-likeness (QED) is 0.831. The smallest absolute Gasteiger partial charge is 0.258 e. The van der Waals surface area contributed by atoms with Crippen molar-refractivity contribution < 1.29 is 23.1 Å². The van der Waals surface area contributed by atoms with Gasteiger partial charge in [-0.3, -0.25) is 4.79 Å². The topological polar surface area (TPSA) is 49.3 Å². The van der Waals surface area contributed by atoms with E-state index in [0.29, 0.717) is 6.07 Å². The molecule has 0 fully saturated rings. The van der Waals surface area contributed by atoms with Crippen LogP contribution in [0.2, 0.25) is 5.02 Å². The summed E-state index contributed by atoms with van der Waals surface area (Å²) in [6.45, 7) is 0. The average Bonchev–Trinajstić information content (AvgIpc) is 2.40. The molecule has 2 N–H and O–H groups in total. The largest absolute Gasteiger partial charge is 0.506 e. The van der Waals surface area contributed by atoms with E-state index in [1.807, 2.05) is 0 Å². The molecule has 0 aliphatic carbocycles. The van der Waals surface area contributed by atoms with Crippen LogP contribution in [0.4, 0.5) is 18.9 Å². The maximum absolute atomic E-state index is 13.4. The van der Waals surface area contributed by atoms with Gasteiger partial charge in [-0.1, -0.05) is 11.6 Å². The Morgan fingerprint density at radius 1 is 1.10 bits per heavy atom.